The van der Waals surface area contributed by atoms with E-state index >= 15 is 0 Å². The second-order valence-electron chi connectivity index (χ2n) is 4.86. The van der Waals surface area contributed by atoms with Crippen LogP contribution in [0.5, 0.6) is 11.6 Å². The van der Waals surface area contributed by atoms with E-state index in [1.807, 2.05) is 30.3 Å². The lowest BCUT2D eigenvalue weighted by Gasteiger charge is -2.10. The van der Waals surface area contributed by atoms with E-state index in [-0.39, 0.29) is 5.82 Å². The van der Waals surface area contributed by atoms with Gasteiger partial charge in [0.05, 0.1) is 5.69 Å². The van der Waals surface area contributed by atoms with Crippen LogP contribution < -0.4 is 10.5 Å². The maximum Gasteiger partial charge on any atom is 0.227 e. The molecule has 3 nitrogen and oxygen atoms in total. The van der Waals surface area contributed by atoms with E-state index in [4.69, 9.17) is 10.5 Å². The normalized spacial score (nSPS) is 10.8. The van der Waals surface area contributed by atoms with Gasteiger partial charge in [0.1, 0.15) is 11.6 Å². The van der Waals surface area contributed by atoms with Gasteiger partial charge in [0.25, 0.3) is 0 Å². The van der Waals surface area contributed by atoms with Crippen molar-refractivity contribution in [2.75, 3.05) is 0 Å². The number of halogens is 1. The van der Waals surface area contributed by atoms with E-state index in [1.165, 1.54) is 6.07 Å². The number of hydrogen-bond acceptors (Lipinski definition) is 3. The molecule has 21 heavy (non-hydrogen) atoms. The van der Waals surface area contributed by atoms with Crippen molar-refractivity contribution in [2.45, 2.75) is 13.5 Å². The van der Waals surface area contributed by atoms with Gasteiger partial charge in [0, 0.05) is 11.9 Å². The maximum absolute atomic E-state index is 13.3. The Morgan fingerprint density at radius 3 is 2.71 bits per heavy atom. The molecule has 0 fully saturated rings. The first-order valence-electron chi connectivity index (χ1n) is 6.70. The lowest BCUT2D eigenvalue weighted by atomic mass is 10.1. The molecule has 3 rings (SSSR count). The molecular weight excluding hydrogens is 267 g/mol. The second-order valence-corrected chi connectivity index (χ2v) is 4.86. The molecule has 0 atom stereocenters. The predicted molar refractivity (Wildman–Crippen MR) is 80.8 cm³/mol. The summed E-state index contributed by atoms with van der Waals surface area (Å²) in [5.41, 5.74) is 6.97. The summed E-state index contributed by atoms with van der Waals surface area (Å²) in [4.78, 5) is 4.43. The van der Waals surface area contributed by atoms with Gasteiger partial charge < -0.3 is 10.5 Å². The third-order valence-electron chi connectivity index (χ3n) is 3.31. The molecule has 4 heteroatoms. The second kappa shape index (κ2) is 5.50. The van der Waals surface area contributed by atoms with Crippen molar-refractivity contribution in [3.8, 4) is 11.6 Å². The Labute approximate surface area is 122 Å². The van der Waals surface area contributed by atoms with E-state index in [0.29, 0.717) is 23.7 Å². The van der Waals surface area contributed by atoms with Gasteiger partial charge in [-0.2, -0.15) is 0 Å². The molecule has 2 N–H and O–H groups in total. The zero-order chi connectivity index (χ0) is 14.8. The monoisotopic (exact) mass is 282 g/mol. The Bertz CT molecular complexity index is 802. The molecule has 0 spiro atoms. The zero-order valence-corrected chi connectivity index (χ0v) is 11.6. The molecule has 1 aromatic heterocycles. The molecule has 0 amide bonds. The summed E-state index contributed by atoms with van der Waals surface area (Å²) in [5.74, 6) is 0.788. The molecule has 0 aliphatic carbocycles. The van der Waals surface area contributed by atoms with Crippen molar-refractivity contribution in [2.24, 2.45) is 5.73 Å². The summed E-state index contributed by atoms with van der Waals surface area (Å²) in [7, 11) is 0. The molecule has 0 saturated heterocycles. The van der Waals surface area contributed by atoms with Gasteiger partial charge in [-0.15, -0.1) is 0 Å². The number of aromatic nitrogens is 1. The summed E-state index contributed by atoms with van der Waals surface area (Å²) in [5, 5.41) is 1.92. The van der Waals surface area contributed by atoms with E-state index in [0.717, 1.165) is 16.5 Å². The first kappa shape index (κ1) is 13.5. The number of pyridine rings is 1. The number of fused-ring (bicyclic) bond motifs is 1. The smallest absolute Gasteiger partial charge is 0.227 e. The Balaban J connectivity index is 2.08. The zero-order valence-electron chi connectivity index (χ0n) is 11.6. The molecule has 106 valence electrons. The molecule has 0 saturated carbocycles. The standard InChI is InChI=1S/C17H15FN2O/c1-11-8-14(6-7-16(11)18)21-17-15-5-3-2-4-12(15)9-13(10-19)20-17/h2-9H,10,19H2,1H3. The quantitative estimate of drug-likeness (QED) is 0.791. The number of nitrogens with zero attached hydrogens (tertiary/aromatic N) is 1. The van der Waals surface area contributed by atoms with E-state index in [1.54, 1.807) is 19.1 Å². The average Bonchev–Trinajstić information content (AvgIpc) is 2.51. The van der Waals surface area contributed by atoms with Crippen molar-refractivity contribution in [3.05, 3.63) is 65.6 Å². The molecule has 0 aliphatic heterocycles. The summed E-state index contributed by atoms with van der Waals surface area (Å²) in [6, 6.07) is 14.4. The number of benzene rings is 2. The molecular formula is C17H15FN2O. The molecule has 3 aromatic rings. The van der Waals surface area contributed by atoms with Crippen LogP contribution in [0.25, 0.3) is 10.8 Å². The number of ether oxygens (including phenoxy) is 1. The molecule has 0 radical (unpaired) electrons. The Morgan fingerprint density at radius 1 is 1.14 bits per heavy atom. The summed E-state index contributed by atoms with van der Waals surface area (Å²) < 4.78 is 19.2. The van der Waals surface area contributed by atoms with Crippen LogP contribution in [0.3, 0.4) is 0 Å². The van der Waals surface area contributed by atoms with Crippen molar-refractivity contribution in [1.29, 1.82) is 0 Å². The van der Waals surface area contributed by atoms with Crippen molar-refractivity contribution >= 4 is 10.8 Å². The highest BCUT2D eigenvalue weighted by Crippen LogP contribution is 2.29. The van der Waals surface area contributed by atoms with E-state index < -0.39 is 0 Å². The van der Waals surface area contributed by atoms with E-state index in [2.05, 4.69) is 4.98 Å². The van der Waals surface area contributed by atoms with Crippen LogP contribution in [-0.2, 0) is 6.54 Å². The van der Waals surface area contributed by atoms with Gasteiger partial charge in [0.15, 0.2) is 0 Å². The minimum absolute atomic E-state index is 0.254. The Kier molecular flexibility index (Phi) is 3.54. The molecule has 1 heterocycles. The highest BCUT2D eigenvalue weighted by Gasteiger charge is 2.08. The van der Waals surface area contributed by atoms with Gasteiger partial charge in [-0.05, 0) is 48.2 Å². The van der Waals surface area contributed by atoms with Crippen LogP contribution >= 0.6 is 0 Å². The van der Waals surface area contributed by atoms with Crippen LogP contribution in [0.15, 0.2) is 48.5 Å². The fourth-order valence-corrected chi connectivity index (χ4v) is 2.19. The topological polar surface area (TPSA) is 48.1 Å². The highest BCUT2D eigenvalue weighted by atomic mass is 19.1. The lowest BCUT2D eigenvalue weighted by Crippen LogP contribution is -2.01. The molecule has 0 aliphatic rings. The largest absolute Gasteiger partial charge is 0.438 e. The van der Waals surface area contributed by atoms with Crippen molar-refractivity contribution in [1.82, 2.24) is 4.98 Å². The average molecular weight is 282 g/mol. The van der Waals surface area contributed by atoms with Crippen LogP contribution in [0, 0.1) is 12.7 Å². The summed E-state index contributed by atoms with van der Waals surface area (Å²) in [6.07, 6.45) is 0. The summed E-state index contributed by atoms with van der Waals surface area (Å²) in [6.45, 7) is 2.04. The summed E-state index contributed by atoms with van der Waals surface area (Å²) >= 11 is 0. The Morgan fingerprint density at radius 2 is 1.95 bits per heavy atom. The number of nitrogens with two attached hydrogens (primary N) is 1. The Hall–Kier alpha value is -2.46. The maximum atomic E-state index is 13.3. The van der Waals surface area contributed by atoms with Crippen LogP contribution in [-0.4, -0.2) is 4.98 Å². The number of aryl methyl sites for hydroxylation is 1. The number of hydrogen-bond donors (Lipinski definition) is 1. The molecule has 2 aromatic carbocycles. The number of rotatable bonds is 3. The SMILES string of the molecule is Cc1cc(Oc2nc(CN)cc3ccccc23)ccc1F. The first-order valence-corrected chi connectivity index (χ1v) is 6.70. The van der Waals surface area contributed by atoms with Gasteiger partial charge in [-0.1, -0.05) is 18.2 Å². The minimum atomic E-state index is -0.254. The fraction of sp³-hybridized carbons (Fsp3) is 0.118. The van der Waals surface area contributed by atoms with Crippen LogP contribution in [0.1, 0.15) is 11.3 Å². The van der Waals surface area contributed by atoms with Gasteiger partial charge in [-0.25, -0.2) is 9.37 Å². The van der Waals surface area contributed by atoms with Gasteiger partial charge in [-0.3, -0.25) is 0 Å². The van der Waals surface area contributed by atoms with Crippen LogP contribution in [0.2, 0.25) is 0 Å². The molecule has 0 bridgehead atoms. The van der Waals surface area contributed by atoms with Gasteiger partial charge in [0.2, 0.25) is 5.88 Å². The lowest BCUT2D eigenvalue weighted by molar-refractivity contribution is 0.464. The third kappa shape index (κ3) is 2.71. The van der Waals surface area contributed by atoms with E-state index in [9.17, 15) is 4.39 Å². The minimum Gasteiger partial charge on any atom is -0.438 e. The molecule has 0 unspecified atom stereocenters. The van der Waals surface area contributed by atoms with Crippen molar-refractivity contribution < 1.29 is 9.13 Å². The first-order chi connectivity index (χ1) is 10.2. The van der Waals surface area contributed by atoms with Crippen molar-refractivity contribution in [3.63, 3.8) is 0 Å². The van der Waals surface area contributed by atoms with Gasteiger partial charge >= 0.3 is 0 Å². The fourth-order valence-electron chi connectivity index (χ4n) is 2.19. The third-order valence-corrected chi connectivity index (χ3v) is 3.31. The highest BCUT2D eigenvalue weighted by molar-refractivity contribution is 5.87. The predicted octanol–water partition coefficient (Wildman–Crippen LogP) is 3.93. The van der Waals surface area contributed by atoms with Crippen LogP contribution in [0.4, 0.5) is 4.39 Å².